The van der Waals surface area contributed by atoms with Crippen molar-refractivity contribution < 1.29 is 0 Å². The summed E-state index contributed by atoms with van der Waals surface area (Å²) in [4.78, 5) is 0. The fourth-order valence-electron chi connectivity index (χ4n) is 0.530. The molecule has 0 aromatic heterocycles. The topological polar surface area (TPSA) is 26.0 Å². The lowest BCUT2D eigenvalue weighted by Gasteiger charge is -2.17. The highest BCUT2D eigenvalue weighted by Crippen LogP contribution is 2.08. The zero-order valence-electron chi connectivity index (χ0n) is 7.52. The minimum atomic E-state index is -0.107. The Morgan fingerprint density at radius 1 is 1.50 bits per heavy atom. The van der Waals surface area contributed by atoms with Gasteiger partial charge in [0, 0.05) is 5.54 Å². The molecule has 0 amide bonds. The minimum Gasteiger partial charge on any atom is -0.322 e. The zero-order chi connectivity index (χ0) is 8.20. The monoisotopic (exact) mass is 141 g/mol. The van der Waals surface area contributed by atoms with Gasteiger partial charge in [0.1, 0.15) is 0 Å². The first-order chi connectivity index (χ1) is 4.48. The molecule has 0 saturated carbocycles. The zero-order valence-corrected chi connectivity index (χ0v) is 7.52. The minimum absolute atomic E-state index is 0.107. The molecule has 0 spiro atoms. The van der Waals surface area contributed by atoms with Crippen molar-refractivity contribution in [3.05, 3.63) is 12.2 Å². The van der Waals surface area contributed by atoms with Gasteiger partial charge in [-0.1, -0.05) is 32.9 Å². The molecule has 0 aliphatic rings. The van der Waals surface area contributed by atoms with Crippen molar-refractivity contribution in [1.82, 2.24) is 0 Å². The van der Waals surface area contributed by atoms with Crippen LogP contribution >= 0.6 is 0 Å². The predicted molar refractivity (Wildman–Crippen MR) is 46.9 cm³/mol. The smallest absolute Gasteiger partial charge is 0.0307 e. The molecule has 1 atom stereocenters. The van der Waals surface area contributed by atoms with Crippen LogP contribution in [-0.2, 0) is 0 Å². The normalized spacial score (nSPS) is 18.2. The van der Waals surface area contributed by atoms with Crippen molar-refractivity contribution in [2.75, 3.05) is 0 Å². The van der Waals surface area contributed by atoms with Gasteiger partial charge in [0.05, 0.1) is 0 Å². The third kappa shape index (κ3) is 4.57. The summed E-state index contributed by atoms with van der Waals surface area (Å²) in [6.45, 7) is 8.46. The second-order valence-electron chi connectivity index (χ2n) is 3.46. The summed E-state index contributed by atoms with van der Waals surface area (Å²) in [6, 6.07) is 0. The predicted octanol–water partition coefficient (Wildman–Crippen LogP) is 2.33. The summed E-state index contributed by atoms with van der Waals surface area (Å²) in [5.41, 5.74) is 5.77. The Balaban J connectivity index is 3.86. The van der Waals surface area contributed by atoms with E-state index in [4.69, 9.17) is 5.73 Å². The van der Waals surface area contributed by atoms with Crippen LogP contribution in [0.25, 0.3) is 0 Å². The van der Waals surface area contributed by atoms with E-state index in [1.54, 1.807) is 0 Å². The summed E-state index contributed by atoms with van der Waals surface area (Å²) >= 11 is 0. The lowest BCUT2D eigenvalue weighted by Crippen LogP contribution is -2.32. The SMILES string of the molecule is CCC(C)(N)/C=C\C(C)C. The second kappa shape index (κ2) is 3.77. The molecule has 0 rings (SSSR count). The van der Waals surface area contributed by atoms with E-state index >= 15 is 0 Å². The molecule has 60 valence electrons. The van der Waals surface area contributed by atoms with Gasteiger partial charge in [0.15, 0.2) is 0 Å². The average Bonchev–Trinajstić information content (AvgIpc) is 1.85. The van der Waals surface area contributed by atoms with Crippen molar-refractivity contribution in [2.24, 2.45) is 11.7 Å². The lowest BCUT2D eigenvalue weighted by atomic mass is 9.98. The van der Waals surface area contributed by atoms with Crippen LogP contribution in [0.4, 0.5) is 0 Å². The molecule has 1 heteroatoms. The van der Waals surface area contributed by atoms with Crippen molar-refractivity contribution in [3.63, 3.8) is 0 Å². The number of hydrogen-bond donors (Lipinski definition) is 1. The largest absolute Gasteiger partial charge is 0.322 e. The van der Waals surface area contributed by atoms with E-state index in [1.165, 1.54) is 0 Å². The molecular formula is C9H19N. The fraction of sp³-hybridized carbons (Fsp3) is 0.778. The van der Waals surface area contributed by atoms with Crippen LogP contribution < -0.4 is 5.73 Å². The maximum atomic E-state index is 5.88. The molecule has 0 heterocycles. The molecular weight excluding hydrogens is 122 g/mol. The molecule has 0 aliphatic heterocycles. The lowest BCUT2D eigenvalue weighted by molar-refractivity contribution is 0.559. The molecule has 0 saturated heterocycles. The Morgan fingerprint density at radius 2 is 2.00 bits per heavy atom. The van der Waals surface area contributed by atoms with E-state index in [0.717, 1.165) is 6.42 Å². The molecule has 1 nitrogen and oxygen atoms in total. The van der Waals surface area contributed by atoms with Gasteiger partial charge in [-0.05, 0) is 19.3 Å². The maximum Gasteiger partial charge on any atom is 0.0307 e. The molecule has 0 fully saturated rings. The Hall–Kier alpha value is -0.300. The summed E-state index contributed by atoms with van der Waals surface area (Å²) < 4.78 is 0. The number of allylic oxidation sites excluding steroid dienone is 1. The van der Waals surface area contributed by atoms with E-state index in [-0.39, 0.29) is 5.54 Å². The summed E-state index contributed by atoms with van der Waals surface area (Å²) in [7, 11) is 0. The van der Waals surface area contributed by atoms with Gasteiger partial charge < -0.3 is 5.73 Å². The molecule has 10 heavy (non-hydrogen) atoms. The molecule has 0 aromatic carbocycles. The summed E-state index contributed by atoms with van der Waals surface area (Å²) in [6.07, 6.45) is 5.25. The van der Waals surface area contributed by atoms with Crippen molar-refractivity contribution >= 4 is 0 Å². The van der Waals surface area contributed by atoms with E-state index in [0.29, 0.717) is 5.92 Å². The highest BCUT2D eigenvalue weighted by molar-refractivity contribution is 5.01. The molecule has 0 aromatic rings. The highest BCUT2D eigenvalue weighted by atomic mass is 14.7. The van der Waals surface area contributed by atoms with Gasteiger partial charge in [0.25, 0.3) is 0 Å². The summed E-state index contributed by atoms with van der Waals surface area (Å²) in [5, 5.41) is 0. The van der Waals surface area contributed by atoms with Gasteiger partial charge in [-0.25, -0.2) is 0 Å². The van der Waals surface area contributed by atoms with Crippen molar-refractivity contribution in [3.8, 4) is 0 Å². The molecule has 0 bridgehead atoms. The fourth-order valence-corrected chi connectivity index (χ4v) is 0.530. The Morgan fingerprint density at radius 3 is 2.30 bits per heavy atom. The Kier molecular flexibility index (Phi) is 3.66. The Bertz CT molecular complexity index is 112. The van der Waals surface area contributed by atoms with Crippen LogP contribution in [0.3, 0.4) is 0 Å². The molecule has 0 radical (unpaired) electrons. The van der Waals surface area contributed by atoms with Gasteiger partial charge in [-0.2, -0.15) is 0 Å². The van der Waals surface area contributed by atoms with Crippen LogP contribution in [0.15, 0.2) is 12.2 Å². The van der Waals surface area contributed by atoms with Gasteiger partial charge in [0.2, 0.25) is 0 Å². The van der Waals surface area contributed by atoms with E-state index in [9.17, 15) is 0 Å². The van der Waals surface area contributed by atoms with E-state index in [2.05, 4.69) is 32.9 Å². The molecule has 0 aliphatic carbocycles. The third-order valence-corrected chi connectivity index (χ3v) is 1.62. The second-order valence-corrected chi connectivity index (χ2v) is 3.46. The van der Waals surface area contributed by atoms with Gasteiger partial charge >= 0.3 is 0 Å². The van der Waals surface area contributed by atoms with Gasteiger partial charge in [-0.15, -0.1) is 0 Å². The quantitative estimate of drug-likeness (QED) is 0.600. The summed E-state index contributed by atoms with van der Waals surface area (Å²) in [5.74, 6) is 0.606. The van der Waals surface area contributed by atoms with E-state index in [1.807, 2.05) is 6.92 Å². The van der Waals surface area contributed by atoms with Crippen molar-refractivity contribution in [1.29, 1.82) is 0 Å². The van der Waals surface area contributed by atoms with Crippen LogP contribution in [-0.4, -0.2) is 5.54 Å². The number of nitrogens with two attached hydrogens (primary N) is 1. The van der Waals surface area contributed by atoms with Crippen molar-refractivity contribution in [2.45, 2.75) is 39.7 Å². The van der Waals surface area contributed by atoms with Crippen LogP contribution in [0.5, 0.6) is 0 Å². The first kappa shape index (κ1) is 9.70. The van der Waals surface area contributed by atoms with Crippen LogP contribution in [0.2, 0.25) is 0 Å². The maximum absolute atomic E-state index is 5.88. The average molecular weight is 141 g/mol. The first-order valence-corrected chi connectivity index (χ1v) is 3.96. The molecule has 1 unspecified atom stereocenters. The number of rotatable bonds is 3. The van der Waals surface area contributed by atoms with Crippen LogP contribution in [0.1, 0.15) is 34.1 Å². The Labute approximate surface area is 64.3 Å². The van der Waals surface area contributed by atoms with Gasteiger partial charge in [-0.3, -0.25) is 0 Å². The van der Waals surface area contributed by atoms with Crippen LogP contribution in [0, 0.1) is 5.92 Å². The third-order valence-electron chi connectivity index (χ3n) is 1.62. The van der Waals surface area contributed by atoms with E-state index < -0.39 is 0 Å². The number of hydrogen-bond acceptors (Lipinski definition) is 1. The molecule has 2 N–H and O–H groups in total. The standard InChI is InChI=1S/C9H19N/c1-5-9(4,10)7-6-8(2)3/h6-8H,5,10H2,1-4H3/b7-6-. The highest BCUT2D eigenvalue weighted by Gasteiger charge is 2.09. The first-order valence-electron chi connectivity index (χ1n) is 3.96.